The number of aromatic hydroxyl groups is 1. The molecule has 0 unspecified atom stereocenters. The van der Waals surface area contributed by atoms with Crippen LogP contribution in [0, 0.1) is 10.1 Å². The number of furan rings is 1. The number of benzene rings is 2. The third kappa shape index (κ3) is 2.35. The molecule has 0 saturated carbocycles. The van der Waals surface area contributed by atoms with Crippen molar-refractivity contribution in [1.29, 1.82) is 0 Å². The Hall–Kier alpha value is -3.68. The third-order valence-corrected chi connectivity index (χ3v) is 3.46. The van der Waals surface area contributed by atoms with E-state index in [1.54, 1.807) is 18.2 Å². The summed E-state index contributed by atoms with van der Waals surface area (Å²) in [6, 6.07) is 12.2. The van der Waals surface area contributed by atoms with Crippen LogP contribution in [-0.4, -0.2) is 20.2 Å². The van der Waals surface area contributed by atoms with Gasteiger partial charge in [0, 0.05) is 23.1 Å². The molecule has 0 aliphatic carbocycles. The number of nitro groups is 1. The summed E-state index contributed by atoms with van der Waals surface area (Å²) < 4.78 is 11.2. The quantitative estimate of drug-likeness (QED) is 0.450. The number of fused-ring (bicyclic) bond motifs is 1. The van der Waals surface area contributed by atoms with Crippen LogP contribution in [0.15, 0.2) is 57.4 Å². The highest BCUT2D eigenvalue weighted by Crippen LogP contribution is 2.31. The van der Waals surface area contributed by atoms with E-state index >= 15 is 0 Å². The smallest absolute Gasteiger partial charge is 0.283 e. The van der Waals surface area contributed by atoms with Crippen LogP contribution in [0.4, 0.5) is 5.69 Å². The number of phenols is 1. The van der Waals surface area contributed by atoms with Crippen LogP contribution in [0.2, 0.25) is 0 Å². The predicted molar refractivity (Wildman–Crippen MR) is 83.3 cm³/mol. The first-order valence-corrected chi connectivity index (χ1v) is 6.91. The maximum absolute atomic E-state index is 10.8. The number of hydrogen-bond donors (Lipinski definition) is 1. The molecule has 1 N–H and O–H groups in total. The first-order valence-electron chi connectivity index (χ1n) is 6.91. The highest BCUT2D eigenvalue weighted by molar-refractivity contribution is 5.83. The van der Waals surface area contributed by atoms with Gasteiger partial charge in [-0.2, -0.15) is 0 Å². The Bertz CT molecular complexity index is 1050. The van der Waals surface area contributed by atoms with E-state index in [0.29, 0.717) is 22.3 Å². The molecule has 0 aliphatic heterocycles. The molecule has 2 heterocycles. The molecular weight excluding hydrogens is 314 g/mol. The summed E-state index contributed by atoms with van der Waals surface area (Å²) in [4.78, 5) is 10.4. The molecule has 0 saturated heterocycles. The summed E-state index contributed by atoms with van der Waals surface area (Å²) in [5, 5.41) is 28.6. The maximum Gasteiger partial charge on any atom is 0.283 e. The first-order chi connectivity index (χ1) is 11.6. The molecule has 2 aromatic heterocycles. The standard InChI is InChI=1S/C16H9N3O5/c20-12-4-1-9(2-5-12)15-17-18-16(24-15)14-8-10-7-11(19(21)22)3-6-13(10)23-14/h1-8,20H. The minimum absolute atomic E-state index is 0.0230. The summed E-state index contributed by atoms with van der Waals surface area (Å²) in [6.07, 6.45) is 0. The van der Waals surface area contributed by atoms with Crippen molar-refractivity contribution in [3.8, 4) is 28.9 Å². The Morgan fingerprint density at radius 3 is 2.46 bits per heavy atom. The van der Waals surface area contributed by atoms with Gasteiger partial charge in [0.15, 0.2) is 5.76 Å². The molecule has 4 rings (SSSR count). The second kappa shape index (κ2) is 5.20. The minimum Gasteiger partial charge on any atom is -0.508 e. The van der Waals surface area contributed by atoms with Crippen molar-refractivity contribution in [1.82, 2.24) is 10.2 Å². The molecule has 0 bridgehead atoms. The molecule has 24 heavy (non-hydrogen) atoms. The van der Waals surface area contributed by atoms with E-state index in [1.807, 2.05) is 0 Å². The normalized spacial score (nSPS) is 11.0. The lowest BCUT2D eigenvalue weighted by atomic mass is 10.2. The third-order valence-electron chi connectivity index (χ3n) is 3.46. The molecule has 0 radical (unpaired) electrons. The summed E-state index contributed by atoms with van der Waals surface area (Å²) in [5.41, 5.74) is 1.11. The average molecular weight is 323 g/mol. The number of hydrogen-bond acceptors (Lipinski definition) is 7. The number of non-ortho nitro benzene ring substituents is 1. The van der Waals surface area contributed by atoms with Gasteiger partial charge in [-0.05, 0) is 36.4 Å². The van der Waals surface area contributed by atoms with E-state index in [0.717, 1.165) is 0 Å². The average Bonchev–Trinajstić information content (AvgIpc) is 3.21. The van der Waals surface area contributed by atoms with E-state index in [2.05, 4.69) is 10.2 Å². The zero-order valence-corrected chi connectivity index (χ0v) is 12.0. The highest BCUT2D eigenvalue weighted by atomic mass is 16.6. The van der Waals surface area contributed by atoms with Gasteiger partial charge in [0.25, 0.3) is 11.6 Å². The molecule has 4 aromatic rings. The van der Waals surface area contributed by atoms with Gasteiger partial charge in [-0.1, -0.05) is 0 Å². The molecule has 0 amide bonds. The SMILES string of the molecule is O=[N+]([O-])c1ccc2oc(-c3nnc(-c4ccc(O)cc4)o3)cc2c1. The summed E-state index contributed by atoms with van der Waals surface area (Å²) in [5.74, 6) is 0.897. The molecule has 0 aliphatic rings. The number of rotatable bonds is 3. The van der Waals surface area contributed by atoms with Crippen molar-refractivity contribution in [2.75, 3.05) is 0 Å². The Morgan fingerprint density at radius 2 is 1.71 bits per heavy atom. The fourth-order valence-corrected chi connectivity index (χ4v) is 2.29. The van der Waals surface area contributed by atoms with Crippen LogP contribution in [0.1, 0.15) is 0 Å². The fraction of sp³-hybridized carbons (Fsp3) is 0. The lowest BCUT2D eigenvalue weighted by Crippen LogP contribution is -1.85. The van der Waals surface area contributed by atoms with Gasteiger partial charge in [-0.3, -0.25) is 10.1 Å². The van der Waals surface area contributed by atoms with E-state index in [4.69, 9.17) is 8.83 Å². The Morgan fingerprint density at radius 1 is 0.958 bits per heavy atom. The summed E-state index contributed by atoms with van der Waals surface area (Å²) >= 11 is 0. The van der Waals surface area contributed by atoms with Crippen LogP contribution in [0.5, 0.6) is 5.75 Å². The Kier molecular flexibility index (Phi) is 3.02. The van der Waals surface area contributed by atoms with Crippen molar-refractivity contribution in [3.05, 3.63) is 58.6 Å². The van der Waals surface area contributed by atoms with Gasteiger partial charge < -0.3 is 13.9 Å². The predicted octanol–water partition coefficient (Wildman–Crippen LogP) is 3.76. The molecule has 0 spiro atoms. The van der Waals surface area contributed by atoms with Gasteiger partial charge in [-0.25, -0.2) is 0 Å². The van der Waals surface area contributed by atoms with Gasteiger partial charge in [-0.15, -0.1) is 10.2 Å². The highest BCUT2D eigenvalue weighted by Gasteiger charge is 2.16. The van der Waals surface area contributed by atoms with Crippen LogP contribution in [0.3, 0.4) is 0 Å². The molecule has 8 heteroatoms. The van der Waals surface area contributed by atoms with Gasteiger partial charge in [0.2, 0.25) is 5.89 Å². The molecule has 2 aromatic carbocycles. The van der Waals surface area contributed by atoms with E-state index in [1.165, 1.54) is 30.3 Å². The maximum atomic E-state index is 10.8. The van der Waals surface area contributed by atoms with Crippen molar-refractivity contribution in [2.45, 2.75) is 0 Å². The zero-order valence-electron chi connectivity index (χ0n) is 12.0. The minimum atomic E-state index is -0.471. The van der Waals surface area contributed by atoms with Gasteiger partial charge in [0.1, 0.15) is 11.3 Å². The molecule has 118 valence electrons. The number of aromatic nitrogens is 2. The number of nitrogens with zero attached hydrogens (tertiary/aromatic N) is 3. The summed E-state index contributed by atoms with van der Waals surface area (Å²) in [6.45, 7) is 0. The van der Waals surface area contributed by atoms with Crippen molar-refractivity contribution >= 4 is 16.7 Å². The second-order valence-electron chi connectivity index (χ2n) is 5.05. The molecule has 8 nitrogen and oxygen atoms in total. The van der Waals surface area contributed by atoms with E-state index in [-0.39, 0.29) is 23.2 Å². The van der Waals surface area contributed by atoms with E-state index < -0.39 is 4.92 Å². The van der Waals surface area contributed by atoms with Gasteiger partial charge in [0.05, 0.1) is 4.92 Å². The Balaban J connectivity index is 1.72. The number of phenolic OH excluding ortho intramolecular Hbond substituents is 1. The fourth-order valence-electron chi connectivity index (χ4n) is 2.29. The van der Waals surface area contributed by atoms with Crippen LogP contribution < -0.4 is 0 Å². The Labute approximate surface area is 134 Å². The molecular formula is C16H9N3O5. The van der Waals surface area contributed by atoms with E-state index in [9.17, 15) is 15.2 Å². The molecule has 0 atom stereocenters. The van der Waals surface area contributed by atoms with Crippen LogP contribution in [-0.2, 0) is 0 Å². The topological polar surface area (TPSA) is 115 Å². The monoisotopic (exact) mass is 323 g/mol. The zero-order chi connectivity index (χ0) is 16.7. The second-order valence-corrected chi connectivity index (χ2v) is 5.05. The lowest BCUT2D eigenvalue weighted by Gasteiger charge is -1.94. The van der Waals surface area contributed by atoms with Crippen molar-refractivity contribution in [3.63, 3.8) is 0 Å². The molecule has 0 fully saturated rings. The van der Waals surface area contributed by atoms with Crippen molar-refractivity contribution in [2.24, 2.45) is 0 Å². The van der Waals surface area contributed by atoms with Crippen LogP contribution >= 0.6 is 0 Å². The largest absolute Gasteiger partial charge is 0.508 e. The first kappa shape index (κ1) is 13.9. The lowest BCUT2D eigenvalue weighted by molar-refractivity contribution is -0.384. The summed E-state index contributed by atoms with van der Waals surface area (Å²) in [7, 11) is 0. The van der Waals surface area contributed by atoms with Crippen molar-refractivity contribution < 1.29 is 18.9 Å². The van der Waals surface area contributed by atoms with Crippen LogP contribution in [0.25, 0.3) is 34.1 Å². The number of nitro benzene ring substituents is 1. The van der Waals surface area contributed by atoms with Gasteiger partial charge >= 0.3 is 0 Å².